The van der Waals surface area contributed by atoms with Crippen molar-refractivity contribution in [1.29, 1.82) is 0 Å². The number of aryl methyl sites for hydroxylation is 2. The van der Waals surface area contributed by atoms with Crippen molar-refractivity contribution >= 4 is 29.0 Å². The molecule has 29 heavy (non-hydrogen) atoms. The van der Waals surface area contributed by atoms with E-state index in [1.165, 1.54) is 27.4 Å². The summed E-state index contributed by atoms with van der Waals surface area (Å²) in [5.74, 6) is 0. The molecule has 8 heteroatoms. The molecule has 0 spiro atoms. The van der Waals surface area contributed by atoms with Crippen molar-refractivity contribution in [2.24, 2.45) is 0 Å². The molecule has 1 unspecified atom stereocenters. The van der Waals surface area contributed by atoms with E-state index in [1.54, 1.807) is 0 Å². The molecule has 2 N–H and O–H groups in total. The average molecular weight is 417 g/mol. The van der Waals surface area contributed by atoms with Gasteiger partial charge < -0.3 is 5.32 Å². The Hall–Kier alpha value is -2.48. The first-order chi connectivity index (χ1) is 13.8. The van der Waals surface area contributed by atoms with Crippen molar-refractivity contribution in [3.05, 3.63) is 40.1 Å². The van der Waals surface area contributed by atoms with E-state index in [9.17, 15) is 13.8 Å². The van der Waals surface area contributed by atoms with Crippen LogP contribution in [0.5, 0.6) is 0 Å². The highest BCUT2D eigenvalue weighted by atomic mass is 32.2. The van der Waals surface area contributed by atoms with E-state index < -0.39 is 17.0 Å². The summed E-state index contributed by atoms with van der Waals surface area (Å²) in [6.07, 6.45) is 5.55. The second-order valence-electron chi connectivity index (χ2n) is 7.68. The van der Waals surface area contributed by atoms with Crippen LogP contribution in [0.1, 0.15) is 72.4 Å². The zero-order valence-electron chi connectivity index (χ0n) is 17.4. The third-order valence-electron chi connectivity index (χ3n) is 5.20. The molecule has 1 aliphatic rings. The minimum absolute atomic E-state index is 0.0544. The van der Waals surface area contributed by atoms with Gasteiger partial charge in [-0.1, -0.05) is 19.4 Å². The molecular formula is C21H28N4O3S. The maximum Gasteiger partial charge on any atom is 0.331 e. The Labute approximate surface area is 173 Å². The van der Waals surface area contributed by atoms with Gasteiger partial charge in [-0.15, -0.1) is 0 Å². The zero-order chi connectivity index (χ0) is 21.1. The molecule has 0 fully saturated rings. The van der Waals surface area contributed by atoms with Crippen LogP contribution in [0, 0.1) is 6.92 Å². The van der Waals surface area contributed by atoms with Crippen LogP contribution in [0.4, 0.5) is 10.5 Å². The molecule has 1 heterocycles. The van der Waals surface area contributed by atoms with Gasteiger partial charge in [0, 0.05) is 17.8 Å². The Bertz CT molecular complexity index is 965. The van der Waals surface area contributed by atoms with Gasteiger partial charge in [-0.2, -0.15) is 5.10 Å². The molecule has 7 nitrogen and oxygen atoms in total. The fourth-order valence-electron chi connectivity index (χ4n) is 3.92. The molecule has 2 amide bonds. The van der Waals surface area contributed by atoms with E-state index in [0.717, 1.165) is 43.4 Å². The molecule has 0 aliphatic heterocycles. The van der Waals surface area contributed by atoms with Crippen LogP contribution >= 0.6 is 0 Å². The van der Waals surface area contributed by atoms with Gasteiger partial charge in [-0.3, -0.25) is 14.2 Å². The summed E-state index contributed by atoms with van der Waals surface area (Å²) in [5.41, 5.74) is 5.97. The summed E-state index contributed by atoms with van der Waals surface area (Å²) in [7, 11) is -1.86. The highest BCUT2D eigenvalue weighted by Crippen LogP contribution is 2.35. The van der Waals surface area contributed by atoms with Crippen molar-refractivity contribution in [1.82, 2.24) is 14.5 Å². The molecule has 0 radical (unpaired) electrons. The summed E-state index contributed by atoms with van der Waals surface area (Å²) in [5, 5.41) is 7.30. The zero-order valence-corrected chi connectivity index (χ0v) is 18.2. The Balaban J connectivity index is 1.81. The number of amides is 2. The number of nitrogens with one attached hydrogen (secondary N) is 2. The van der Waals surface area contributed by atoms with Crippen LogP contribution in [0.25, 0.3) is 0 Å². The number of anilines is 1. The van der Waals surface area contributed by atoms with Crippen molar-refractivity contribution in [2.45, 2.75) is 70.9 Å². The number of hydrogen-bond acceptors (Lipinski definition) is 4. The molecule has 1 atom stereocenters. The molecule has 156 valence electrons. The summed E-state index contributed by atoms with van der Waals surface area (Å²) in [4.78, 5) is 23.9. The van der Waals surface area contributed by atoms with Crippen molar-refractivity contribution < 1.29 is 13.8 Å². The predicted molar refractivity (Wildman–Crippen MR) is 114 cm³/mol. The summed E-state index contributed by atoms with van der Waals surface area (Å²) in [6, 6.07) is 3.08. The largest absolute Gasteiger partial charge is 0.331 e. The number of carbonyl (C=O) groups excluding carboxylic acids is 2. The first kappa shape index (κ1) is 21.2. The van der Waals surface area contributed by atoms with Crippen molar-refractivity contribution in [3.63, 3.8) is 0 Å². The van der Waals surface area contributed by atoms with Crippen LogP contribution < -0.4 is 10.0 Å². The van der Waals surface area contributed by atoms with E-state index in [4.69, 9.17) is 0 Å². The van der Waals surface area contributed by atoms with E-state index in [2.05, 4.69) is 35.1 Å². The van der Waals surface area contributed by atoms with Crippen LogP contribution in [-0.2, 0) is 30.2 Å². The van der Waals surface area contributed by atoms with Gasteiger partial charge in [0.1, 0.15) is 5.69 Å². The van der Waals surface area contributed by atoms with Gasteiger partial charge in [0.2, 0.25) is 0 Å². The first-order valence-corrected chi connectivity index (χ1v) is 11.2. The molecule has 1 aromatic heterocycles. The average Bonchev–Trinajstić information content (AvgIpc) is 3.31. The van der Waals surface area contributed by atoms with E-state index in [1.807, 2.05) is 13.8 Å². The molecule has 0 saturated carbocycles. The van der Waals surface area contributed by atoms with Crippen molar-refractivity contribution in [2.75, 3.05) is 5.32 Å². The van der Waals surface area contributed by atoms with Crippen LogP contribution in [0.15, 0.2) is 17.2 Å². The third kappa shape index (κ3) is 4.42. The molecular weight excluding hydrogens is 388 g/mol. The molecule has 3 rings (SSSR count). The number of nitrogens with zero attached hydrogens (tertiary/aromatic N) is 2. The van der Waals surface area contributed by atoms with Gasteiger partial charge in [0.25, 0.3) is 0 Å². The van der Waals surface area contributed by atoms with Gasteiger partial charge in [0.15, 0.2) is 22.3 Å². The summed E-state index contributed by atoms with van der Waals surface area (Å²) < 4.78 is 16.6. The highest BCUT2D eigenvalue weighted by molar-refractivity contribution is 7.83. The number of aldehydes is 1. The minimum atomic E-state index is -1.86. The number of aromatic nitrogens is 2. The van der Waals surface area contributed by atoms with Crippen LogP contribution in [-0.4, -0.2) is 26.3 Å². The standard InChI is InChI=1S/C21H28N4O3S/c1-5-7-17-14(4)10-15-8-6-9-18(15)20(17)22-21(27)24-29(28)19-11-16(12-26)25(23-19)13(2)3/h10-13H,5-9H2,1-4H3,(H2,22,24,27). The van der Waals surface area contributed by atoms with Gasteiger partial charge in [-0.25, -0.2) is 9.00 Å². The fourth-order valence-corrected chi connectivity index (χ4v) is 4.63. The summed E-state index contributed by atoms with van der Waals surface area (Å²) >= 11 is 0. The maximum atomic E-state index is 12.6. The second-order valence-corrected chi connectivity index (χ2v) is 8.84. The van der Waals surface area contributed by atoms with Gasteiger partial charge in [0.05, 0.1) is 0 Å². The quantitative estimate of drug-likeness (QED) is 0.670. The third-order valence-corrected chi connectivity index (χ3v) is 6.15. The summed E-state index contributed by atoms with van der Waals surface area (Å²) in [6.45, 7) is 7.94. The highest BCUT2D eigenvalue weighted by Gasteiger charge is 2.22. The second kappa shape index (κ2) is 8.90. The number of benzene rings is 1. The van der Waals surface area contributed by atoms with E-state index in [0.29, 0.717) is 12.0 Å². The molecule has 2 aromatic rings. The van der Waals surface area contributed by atoms with Crippen LogP contribution in [0.2, 0.25) is 0 Å². The lowest BCUT2D eigenvalue weighted by Gasteiger charge is -2.18. The first-order valence-electron chi connectivity index (χ1n) is 10.0. The normalized spacial score (nSPS) is 14.0. The smallest absolute Gasteiger partial charge is 0.307 e. The number of rotatable bonds is 7. The molecule has 1 aliphatic carbocycles. The van der Waals surface area contributed by atoms with E-state index >= 15 is 0 Å². The fraction of sp³-hybridized carbons (Fsp3) is 0.476. The number of hydrogen-bond donors (Lipinski definition) is 2. The molecule has 0 bridgehead atoms. The van der Waals surface area contributed by atoms with Crippen molar-refractivity contribution in [3.8, 4) is 0 Å². The molecule has 0 saturated heterocycles. The SMILES string of the molecule is CCCc1c(C)cc2c(c1NC(=O)NS(=O)c1cc(C=O)n(C(C)C)n1)CCC2. The number of urea groups is 1. The van der Waals surface area contributed by atoms with E-state index in [-0.39, 0.29) is 11.1 Å². The van der Waals surface area contributed by atoms with Crippen LogP contribution in [0.3, 0.4) is 0 Å². The van der Waals surface area contributed by atoms with Gasteiger partial charge in [-0.05, 0) is 68.7 Å². The predicted octanol–water partition coefficient (Wildman–Crippen LogP) is 3.87. The Kier molecular flexibility index (Phi) is 6.52. The number of carbonyl (C=O) groups is 2. The topological polar surface area (TPSA) is 93.1 Å². The van der Waals surface area contributed by atoms with Gasteiger partial charge >= 0.3 is 6.03 Å². The lowest BCUT2D eigenvalue weighted by atomic mass is 9.95. The lowest BCUT2D eigenvalue weighted by molar-refractivity contribution is 0.111. The monoisotopic (exact) mass is 416 g/mol. The minimum Gasteiger partial charge on any atom is -0.307 e. The maximum absolute atomic E-state index is 12.6. The Morgan fingerprint density at radius 3 is 2.72 bits per heavy atom. The molecule has 1 aromatic carbocycles. The number of fused-ring (bicyclic) bond motifs is 1. The Morgan fingerprint density at radius 2 is 2.10 bits per heavy atom. The Morgan fingerprint density at radius 1 is 1.34 bits per heavy atom. The lowest BCUT2D eigenvalue weighted by Crippen LogP contribution is -2.31.